The summed E-state index contributed by atoms with van der Waals surface area (Å²) < 4.78 is 40.0. The lowest BCUT2D eigenvalue weighted by Gasteiger charge is -2.28. The number of fused-ring (bicyclic) bond motifs is 1. The number of anilines is 1. The number of carboxylic acid groups (broad SMARTS) is 1. The Morgan fingerprint density at radius 1 is 0.895 bits per heavy atom. The first-order chi connectivity index (χ1) is 18.2. The van der Waals surface area contributed by atoms with Crippen molar-refractivity contribution >= 4 is 23.2 Å². The summed E-state index contributed by atoms with van der Waals surface area (Å²) >= 11 is 0. The molecule has 0 radical (unpaired) electrons. The van der Waals surface area contributed by atoms with Crippen LogP contribution in [0.25, 0.3) is 16.8 Å². The number of nitrogens with zero attached hydrogens (tertiary/aromatic N) is 2. The minimum absolute atomic E-state index is 0.149. The maximum Gasteiger partial charge on any atom is 0.416 e. The second-order valence-electron chi connectivity index (χ2n) is 9.78. The van der Waals surface area contributed by atoms with Gasteiger partial charge in [0.1, 0.15) is 11.3 Å². The number of aromatic nitrogens is 2. The number of halogens is 3. The van der Waals surface area contributed by atoms with E-state index in [1.54, 1.807) is 10.6 Å². The van der Waals surface area contributed by atoms with E-state index in [1.165, 1.54) is 17.7 Å². The highest BCUT2D eigenvalue weighted by molar-refractivity contribution is 6.03. The smallest absolute Gasteiger partial charge is 0.416 e. The first-order valence-electron chi connectivity index (χ1n) is 12.5. The van der Waals surface area contributed by atoms with E-state index in [9.17, 15) is 22.8 Å². The maximum absolute atomic E-state index is 12.8. The molecule has 1 fully saturated rings. The normalized spacial score (nSPS) is 17.9. The standard InChI is InChI=1S/C29H26F3N3O3/c30-29(31,32)23-10-12-24(13-11-23)33-28(38)25-17-35-16-22(9-14-26(35)34-25)21-7-5-20(6-8-21)19-3-1-18(2-4-19)15-27(36)37/h5-14,16-19H,1-4,15H2,(H,33,38)(H,36,37)/t18-,19-. The van der Waals surface area contributed by atoms with E-state index < -0.39 is 23.6 Å². The number of amides is 1. The molecule has 6 nitrogen and oxygen atoms in total. The molecule has 0 aliphatic heterocycles. The van der Waals surface area contributed by atoms with Crippen LogP contribution in [0.15, 0.2) is 73.1 Å². The summed E-state index contributed by atoms with van der Waals surface area (Å²) in [5.74, 6) is -0.528. The van der Waals surface area contributed by atoms with Crippen molar-refractivity contribution in [2.45, 2.75) is 44.2 Å². The van der Waals surface area contributed by atoms with Crippen molar-refractivity contribution in [3.8, 4) is 11.1 Å². The molecule has 0 atom stereocenters. The first-order valence-corrected chi connectivity index (χ1v) is 12.5. The number of alkyl halides is 3. The van der Waals surface area contributed by atoms with E-state index in [4.69, 9.17) is 5.11 Å². The summed E-state index contributed by atoms with van der Waals surface area (Å²) in [6.07, 6.45) is 3.14. The third-order valence-corrected chi connectivity index (χ3v) is 7.18. The van der Waals surface area contributed by atoms with Gasteiger partial charge in [-0.1, -0.05) is 24.3 Å². The highest BCUT2D eigenvalue weighted by Gasteiger charge is 2.30. The Morgan fingerprint density at radius 3 is 2.18 bits per heavy atom. The summed E-state index contributed by atoms with van der Waals surface area (Å²) in [6.45, 7) is 0. The van der Waals surface area contributed by atoms with Crippen LogP contribution < -0.4 is 5.32 Å². The molecule has 4 aromatic rings. The number of imidazole rings is 1. The van der Waals surface area contributed by atoms with Crippen LogP contribution in [-0.4, -0.2) is 26.4 Å². The summed E-state index contributed by atoms with van der Waals surface area (Å²) in [7, 11) is 0. The number of pyridine rings is 1. The summed E-state index contributed by atoms with van der Waals surface area (Å²) in [6, 6.07) is 16.4. The average Bonchev–Trinajstić information content (AvgIpc) is 3.33. The van der Waals surface area contributed by atoms with Crippen molar-refractivity contribution in [1.82, 2.24) is 9.38 Å². The molecule has 2 N–H and O–H groups in total. The van der Waals surface area contributed by atoms with Gasteiger partial charge >= 0.3 is 12.1 Å². The molecule has 0 unspecified atom stereocenters. The molecule has 0 spiro atoms. The molecule has 1 amide bonds. The summed E-state index contributed by atoms with van der Waals surface area (Å²) in [5, 5.41) is 11.6. The minimum atomic E-state index is -4.44. The molecule has 196 valence electrons. The Balaban J connectivity index is 1.25. The number of carbonyl (C=O) groups is 2. The van der Waals surface area contributed by atoms with Crippen molar-refractivity contribution < 1.29 is 27.9 Å². The molecule has 0 bridgehead atoms. The molecule has 0 saturated heterocycles. The Labute approximate surface area is 217 Å². The number of carboxylic acids is 1. The second-order valence-corrected chi connectivity index (χ2v) is 9.78. The number of hydrogen-bond donors (Lipinski definition) is 2. The lowest BCUT2D eigenvalue weighted by atomic mass is 9.77. The predicted molar refractivity (Wildman–Crippen MR) is 137 cm³/mol. The number of hydrogen-bond acceptors (Lipinski definition) is 3. The molecule has 1 aliphatic carbocycles. The van der Waals surface area contributed by atoms with Crippen molar-refractivity contribution in [2.24, 2.45) is 5.92 Å². The molecule has 9 heteroatoms. The SMILES string of the molecule is O=C(O)C[C@H]1CC[C@H](c2ccc(-c3ccc4nc(C(=O)Nc5ccc(C(F)(F)F)cc5)cn4c3)cc2)CC1. The van der Waals surface area contributed by atoms with Crippen LogP contribution in [0.2, 0.25) is 0 Å². The molecular formula is C29H26F3N3O3. The number of aliphatic carboxylic acids is 1. The van der Waals surface area contributed by atoms with Crippen LogP contribution in [0, 0.1) is 5.92 Å². The zero-order chi connectivity index (χ0) is 26.9. The highest BCUT2D eigenvalue weighted by Crippen LogP contribution is 2.37. The molecule has 1 aliphatic rings. The van der Waals surface area contributed by atoms with Gasteiger partial charge in [0.25, 0.3) is 5.91 Å². The van der Waals surface area contributed by atoms with Gasteiger partial charge in [-0.05, 0) is 90.6 Å². The van der Waals surface area contributed by atoms with E-state index in [-0.39, 0.29) is 23.7 Å². The second kappa shape index (κ2) is 10.3. The van der Waals surface area contributed by atoms with Gasteiger partial charge in [-0.3, -0.25) is 9.59 Å². The summed E-state index contributed by atoms with van der Waals surface area (Å²) in [4.78, 5) is 27.9. The van der Waals surface area contributed by atoms with Crippen LogP contribution in [0.4, 0.5) is 18.9 Å². The van der Waals surface area contributed by atoms with Gasteiger partial charge in [0.05, 0.1) is 5.56 Å². The quantitative estimate of drug-likeness (QED) is 0.286. The van der Waals surface area contributed by atoms with Gasteiger partial charge in [0.2, 0.25) is 0 Å². The van der Waals surface area contributed by atoms with Crippen molar-refractivity contribution in [3.63, 3.8) is 0 Å². The zero-order valence-electron chi connectivity index (χ0n) is 20.4. The lowest BCUT2D eigenvalue weighted by Crippen LogP contribution is -2.16. The van der Waals surface area contributed by atoms with Gasteiger partial charge < -0.3 is 14.8 Å². The van der Waals surface area contributed by atoms with Gasteiger partial charge in [0, 0.05) is 24.5 Å². The summed E-state index contributed by atoms with van der Waals surface area (Å²) in [5.41, 5.74) is 3.40. The Kier molecular flexibility index (Phi) is 6.93. The highest BCUT2D eigenvalue weighted by atomic mass is 19.4. The average molecular weight is 522 g/mol. The largest absolute Gasteiger partial charge is 0.481 e. The maximum atomic E-state index is 12.8. The Bertz CT molecular complexity index is 1450. The Morgan fingerprint density at radius 2 is 1.55 bits per heavy atom. The number of nitrogens with one attached hydrogen (secondary N) is 1. The first kappa shape index (κ1) is 25.5. The van der Waals surface area contributed by atoms with Crippen molar-refractivity contribution in [3.05, 3.63) is 89.9 Å². The minimum Gasteiger partial charge on any atom is -0.481 e. The molecule has 2 aromatic carbocycles. The van der Waals surface area contributed by atoms with Gasteiger partial charge in [-0.25, -0.2) is 4.98 Å². The predicted octanol–water partition coefficient (Wildman–Crippen LogP) is 7.02. The van der Waals surface area contributed by atoms with Crippen molar-refractivity contribution in [1.29, 1.82) is 0 Å². The fraction of sp³-hybridized carbons (Fsp3) is 0.276. The van der Waals surface area contributed by atoms with Gasteiger partial charge in [0.15, 0.2) is 0 Å². The third kappa shape index (κ3) is 5.72. The molecule has 2 aromatic heterocycles. The van der Waals surface area contributed by atoms with Gasteiger partial charge in [-0.2, -0.15) is 13.2 Å². The van der Waals surface area contributed by atoms with E-state index in [1.807, 2.05) is 18.3 Å². The molecule has 1 saturated carbocycles. The fourth-order valence-electron chi connectivity index (χ4n) is 5.10. The van der Waals surface area contributed by atoms with E-state index in [0.29, 0.717) is 11.6 Å². The van der Waals surface area contributed by atoms with Crippen LogP contribution in [-0.2, 0) is 11.0 Å². The number of carbonyl (C=O) groups excluding carboxylic acids is 1. The fourth-order valence-corrected chi connectivity index (χ4v) is 5.10. The molecular weight excluding hydrogens is 495 g/mol. The van der Waals surface area contributed by atoms with Crippen LogP contribution >= 0.6 is 0 Å². The lowest BCUT2D eigenvalue weighted by molar-refractivity contribution is -0.139. The van der Waals surface area contributed by atoms with E-state index in [2.05, 4.69) is 34.6 Å². The van der Waals surface area contributed by atoms with Crippen LogP contribution in [0.3, 0.4) is 0 Å². The third-order valence-electron chi connectivity index (χ3n) is 7.18. The van der Waals surface area contributed by atoms with Crippen LogP contribution in [0.1, 0.15) is 59.6 Å². The molecule has 5 rings (SSSR count). The zero-order valence-corrected chi connectivity index (χ0v) is 20.4. The van der Waals surface area contributed by atoms with E-state index in [0.717, 1.165) is 48.9 Å². The van der Waals surface area contributed by atoms with Crippen molar-refractivity contribution in [2.75, 3.05) is 5.32 Å². The van der Waals surface area contributed by atoms with Crippen LogP contribution in [0.5, 0.6) is 0 Å². The molecule has 38 heavy (non-hydrogen) atoms. The van der Waals surface area contributed by atoms with E-state index >= 15 is 0 Å². The topological polar surface area (TPSA) is 83.7 Å². The number of benzene rings is 2. The Hall–Kier alpha value is -4.14. The molecule has 2 heterocycles. The van der Waals surface area contributed by atoms with Gasteiger partial charge in [-0.15, -0.1) is 0 Å². The number of rotatable bonds is 6. The monoisotopic (exact) mass is 521 g/mol.